The molecule has 2 amide bonds. The number of carbonyl (C=O) groups is 2. The fourth-order valence-electron chi connectivity index (χ4n) is 2.46. The zero-order valence-corrected chi connectivity index (χ0v) is 12.8. The van der Waals surface area contributed by atoms with Gasteiger partial charge in [0.15, 0.2) is 0 Å². The molecule has 1 saturated heterocycles. The number of rotatable bonds is 7. The zero-order valence-electron chi connectivity index (χ0n) is 12.8. The molecule has 0 aromatic carbocycles. The van der Waals surface area contributed by atoms with Crippen LogP contribution >= 0.6 is 0 Å². The first kappa shape index (κ1) is 16.8. The van der Waals surface area contributed by atoms with Gasteiger partial charge in [0.05, 0.1) is 5.41 Å². The van der Waals surface area contributed by atoms with Gasteiger partial charge in [-0.2, -0.15) is 0 Å². The molecule has 1 fully saturated rings. The molecule has 1 atom stereocenters. The molecule has 0 aromatic heterocycles. The molecule has 1 heterocycles. The Labute approximate surface area is 121 Å². The molecule has 0 spiro atoms. The van der Waals surface area contributed by atoms with Gasteiger partial charge < -0.3 is 20.2 Å². The van der Waals surface area contributed by atoms with Crippen LogP contribution in [0.3, 0.4) is 0 Å². The topological polar surface area (TPSA) is 72.9 Å². The second-order valence-corrected chi connectivity index (χ2v) is 5.65. The summed E-state index contributed by atoms with van der Waals surface area (Å²) in [5.74, 6) is -0.825. The van der Waals surface area contributed by atoms with Crippen LogP contribution in [0.25, 0.3) is 0 Å². The highest BCUT2D eigenvalue weighted by molar-refractivity contribution is 5.79. The molecule has 6 nitrogen and oxygen atoms in total. The molecule has 6 heteroatoms. The molecule has 0 radical (unpaired) electrons. The minimum atomic E-state index is -0.825. The van der Waals surface area contributed by atoms with Crippen molar-refractivity contribution in [3.05, 3.63) is 0 Å². The molecule has 0 aliphatic carbocycles. The lowest BCUT2D eigenvalue weighted by atomic mass is 9.90. The van der Waals surface area contributed by atoms with E-state index in [9.17, 15) is 9.59 Å². The quantitative estimate of drug-likeness (QED) is 0.690. The first-order valence-electron chi connectivity index (χ1n) is 7.41. The van der Waals surface area contributed by atoms with E-state index in [1.807, 2.05) is 0 Å². The van der Waals surface area contributed by atoms with Gasteiger partial charge in [-0.3, -0.25) is 4.79 Å². The van der Waals surface area contributed by atoms with Crippen LogP contribution < -0.4 is 5.32 Å². The van der Waals surface area contributed by atoms with E-state index in [1.54, 1.807) is 11.8 Å². The number of carbonyl (C=O) groups excluding carboxylic acids is 1. The monoisotopic (exact) mass is 285 g/mol. The summed E-state index contributed by atoms with van der Waals surface area (Å²) in [4.78, 5) is 27.0. The maximum atomic E-state index is 11.9. The lowest BCUT2D eigenvalue weighted by Gasteiger charge is -2.21. The summed E-state index contributed by atoms with van der Waals surface area (Å²) >= 11 is 0. The maximum Gasteiger partial charge on any atom is 0.317 e. The molecule has 20 heavy (non-hydrogen) atoms. The Morgan fingerprint density at radius 3 is 2.50 bits per heavy atom. The molecule has 1 rings (SSSR count). The normalized spacial score (nSPS) is 22.3. The molecular formula is C14H27N3O3. The summed E-state index contributed by atoms with van der Waals surface area (Å²) in [5, 5.41) is 12.0. The van der Waals surface area contributed by atoms with Gasteiger partial charge in [-0.15, -0.1) is 0 Å². The lowest BCUT2D eigenvalue weighted by molar-refractivity contribution is -0.146. The van der Waals surface area contributed by atoms with Crippen molar-refractivity contribution in [3.63, 3.8) is 0 Å². The van der Waals surface area contributed by atoms with E-state index in [1.165, 1.54) is 0 Å². The predicted molar refractivity (Wildman–Crippen MR) is 77.7 cm³/mol. The Balaban J connectivity index is 2.26. The second kappa shape index (κ2) is 7.47. The zero-order chi connectivity index (χ0) is 15.2. The molecule has 1 unspecified atom stereocenters. The van der Waals surface area contributed by atoms with Crippen LogP contribution in [-0.4, -0.2) is 66.2 Å². The Hall–Kier alpha value is -1.30. The van der Waals surface area contributed by atoms with E-state index < -0.39 is 11.4 Å². The number of likely N-dealkylation sites (tertiary alicyclic amines) is 1. The average molecular weight is 285 g/mol. The van der Waals surface area contributed by atoms with Crippen LogP contribution in [0.4, 0.5) is 4.79 Å². The lowest BCUT2D eigenvalue weighted by Crippen LogP contribution is -2.41. The van der Waals surface area contributed by atoms with Gasteiger partial charge in [-0.05, 0) is 39.4 Å². The summed E-state index contributed by atoms with van der Waals surface area (Å²) in [5.41, 5.74) is -0.793. The van der Waals surface area contributed by atoms with Gasteiger partial charge in [0.2, 0.25) is 0 Å². The average Bonchev–Trinajstić information content (AvgIpc) is 2.83. The van der Waals surface area contributed by atoms with Crippen LogP contribution in [0.5, 0.6) is 0 Å². The number of carboxylic acids is 1. The van der Waals surface area contributed by atoms with E-state index in [0.717, 1.165) is 26.1 Å². The standard InChI is InChI=1S/C14H27N3O3/c1-4-16(5-2)9-6-8-15-13(20)17-10-7-14(3,11-17)12(18)19/h4-11H2,1-3H3,(H,15,20)(H,18,19). The van der Waals surface area contributed by atoms with E-state index in [-0.39, 0.29) is 6.03 Å². The van der Waals surface area contributed by atoms with Crippen molar-refractivity contribution in [2.45, 2.75) is 33.6 Å². The highest BCUT2D eigenvalue weighted by atomic mass is 16.4. The van der Waals surface area contributed by atoms with Gasteiger partial charge in [0.25, 0.3) is 0 Å². The smallest absolute Gasteiger partial charge is 0.317 e. The Kier molecular flexibility index (Phi) is 6.26. The van der Waals surface area contributed by atoms with E-state index in [0.29, 0.717) is 26.1 Å². The first-order valence-corrected chi connectivity index (χ1v) is 7.41. The third-order valence-electron chi connectivity index (χ3n) is 4.10. The Morgan fingerprint density at radius 1 is 1.35 bits per heavy atom. The van der Waals surface area contributed by atoms with Gasteiger partial charge in [-0.25, -0.2) is 4.79 Å². The number of urea groups is 1. The molecular weight excluding hydrogens is 258 g/mol. The van der Waals surface area contributed by atoms with Crippen LogP contribution in [0.1, 0.15) is 33.6 Å². The fraction of sp³-hybridized carbons (Fsp3) is 0.857. The number of carboxylic acid groups (broad SMARTS) is 1. The largest absolute Gasteiger partial charge is 0.481 e. The van der Waals surface area contributed by atoms with E-state index in [4.69, 9.17) is 5.11 Å². The van der Waals surface area contributed by atoms with Gasteiger partial charge in [0.1, 0.15) is 0 Å². The minimum absolute atomic E-state index is 0.144. The third-order valence-corrected chi connectivity index (χ3v) is 4.10. The Morgan fingerprint density at radius 2 is 2.00 bits per heavy atom. The molecule has 0 bridgehead atoms. The van der Waals surface area contributed by atoms with Crippen LogP contribution in [0.2, 0.25) is 0 Å². The molecule has 116 valence electrons. The van der Waals surface area contributed by atoms with Crippen molar-refractivity contribution in [1.29, 1.82) is 0 Å². The number of amides is 2. The van der Waals surface area contributed by atoms with Crippen LogP contribution in [0.15, 0.2) is 0 Å². The van der Waals surface area contributed by atoms with Gasteiger partial charge in [0, 0.05) is 19.6 Å². The molecule has 1 aliphatic heterocycles. The van der Waals surface area contributed by atoms with Crippen molar-refractivity contribution >= 4 is 12.0 Å². The first-order chi connectivity index (χ1) is 9.42. The summed E-state index contributed by atoms with van der Waals surface area (Å²) in [6, 6.07) is -0.144. The molecule has 0 aromatic rings. The Bertz CT molecular complexity index is 345. The minimum Gasteiger partial charge on any atom is -0.481 e. The van der Waals surface area contributed by atoms with Crippen molar-refractivity contribution in [1.82, 2.24) is 15.1 Å². The van der Waals surface area contributed by atoms with Crippen molar-refractivity contribution < 1.29 is 14.7 Å². The molecule has 1 aliphatic rings. The highest BCUT2D eigenvalue weighted by Crippen LogP contribution is 2.29. The van der Waals surface area contributed by atoms with Gasteiger partial charge >= 0.3 is 12.0 Å². The highest BCUT2D eigenvalue weighted by Gasteiger charge is 2.42. The van der Waals surface area contributed by atoms with E-state index >= 15 is 0 Å². The predicted octanol–water partition coefficient (Wildman–Crippen LogP) is 1.22. The van der Waals surface area contributed by atoms with E-state index in [2.05, 4.69) is 24.1 Å². The number of hydrogen-bond donors (Lipinski definition) is 2. The molecule has 0 saturated carbocycles. The summed E-state index contributed by atoms with van der Waals surface area (Å²) < 4.78 is 0. The summed E-state index contributed by atoms with van der Waals surface area (Å²) in [6.45, 7) is 10.4. The number of nitrogens with one attached hydrogen (secondary N) is 1. The third kappa shape index (κ3) is 4.37. The fourth-order valence-corrected chi connectivity index (χ4v) is 2.46. The van der Waals surface area contributed by atoms with Crippen molar-refractivity contribution in [2.75, 3.05) is 39.3 Å². The maximum absolute atomic E-state index is 11.9. The number of nitrogens with zero attached hydrogens (tertiary/aromatic N) is 2. The second-order valence-electron chi connectivity index (χ2n) is 5.65. The number of aliphatic carboxylic acids is 1. The van der Waals surface area contributed by atoms with Crippen molar-refractivity contribution in [2.24, 2.45) is 5.41 Å². The van der Waals surface area contributed by atoms with Crippen LogP contribution in [0, 0.1) is 5.41 Å². The summed E-state index contributed by atoms with van der Waals surface area (Å²) in [7, 11) is 0. The number of hydrogen-bond acceptors (Lipinski definition) is 3. The van der Waals surface area contributed by atoms with Crippen molar-refractivity contribution in [3.8, 4) is 0 Å². The SMILES string of the molecule is CCN(CC)CCCNC(=O)N1CCC(C)(C(=O)O)C1. The van der Waals surface area contributed by atoms with Gasteiger partial charge in [-0.1, -0.05) is 13.8 Å². The van der Waals surface area contributed by atoms with Crippen LogP contribution in [-0.2, 0) is 4.79 Å². The molecule has 2 N–H and O–H groups in total. The summed E-state index contributed by atoms with van der Waals surface area (Å²) in [6.07, 6.45) is 1.44.